The van der Waals surface area contributed by atoms with Gasteiger partial charge in [-0.3, -0.25) is 5.32 Å². The van der Waals surface area contributed by atoms with Crippen LogP contribution in [0.4, 0.5) is 4.79 Å². The molecule has 0 heterocycles. The van der Waals surface area contributed by atoms with E-state index in [2.05, 4.69) is 10.5 Å². The van der Waals surface area contributed by atoms with E-state index in [9.17, 15) is 4.79 Å². The van der Waals surface area contributed by atoms with Gasteiger partial charge in [0.25, 0.3) is 0 Å². The molecule has 5 nitrogen and oxygen atoms in total. The van der Waals surface area contributed by atoms with Crippen LogP contribution in [0.2, 0.25) is 0 Å². The van der Waals surface area contributed by atoms with Crippen molar-refractivity contribution in [3.05, 3.63) is 30.3 Å². The molecule has 0 aliphatic heterocycles. The zero-order chi connectivity index (χ0) is 12.9. The fourth-order valence-corrected chi connectivity index (χ4v) is 1.13. The van der Waals surface area contributed by atoms with Crippen molar-refractivity contribution in [2.45, 2.75) is 11.4 Å². The van der Waals surface area contributed by atoms with Gasteiger partial charge in [0.2, 0.25) is 4.46 Å². The Hall–Kier alpha value is -1.46. The molecule has 0 radical (unpaired) electrons. The van der Waals surface area contributed by atoms with E-state index in [0.29, 0.717) is 5.75 Å². The van der Waals surface area contributed by atoms with Crippen LogP contribution in [0.25, 0.3) is 0 Å². The second-order valence-electron chi connectivity index (χ2n) is 3.09. The summed E-state index contributed by atoms with van der Waals surface area (Å²) >= 11 is 11.4. The Labute approximate surface area is 108 Å². The minimum atomic E-state index is -1.82. The fourth-order valence-electron chi connectivity index (χ4n) is 0.903. The fraction of sp³-hybridized carbons (Fsp3) is 0.200. The number of amides is 1. The number of rotatable bonds is 3. The first-order valence-electron chi connectivity index (χ1n) is 4.57. The Bertz CT molecular complexity index is 421. The van der Waals surface area contributed by atoms with E-state index in [-0.39, 0.29) is 5.71 Å². The summed E-state index contributed by atoms with van der Waals surface area (Å²) < 4.78 is 3.07. The van der Waals surface area contributed by atoms with Crippen molar-refractivity contribution in [1.29, 1.82) is 0 Å². The highest BCUT2D eigenvalue weighted by molar-refractivity contribution is 6.58. The molecule has 1 rings (SSSR count). The predicted octanol–water partition coefficient (Wildman–Crippen LogP) is 2.76. The second-order valence-corrected chi connectivity index (χ2v) is 4.41. The zero-order valence-electron chi connectivity index (χ0n) is 8.85. The van der Waals surface area contributed by atoms with Gasteiger partial charge in [0, 0.05) is 0 Å². The first-order chi connectivity index (χ1) is 7.95. The molecular weight excluding hydrogens is 267 g/mol. The Morgan fingerprint density at radius 3 is 2.53 bits per heavy atom. The summed E-state index contributed by atoms with van der Waals surface area (Å²) in [5.74, 6) is 0.340. The van der Waals surface area contributed by atoms with E-state index >= 15 is 0 Å². The Morgan fingerprint density at radius 2 is 2.00 bits per heavy atom. The molecule has 0 spiro atoms. The number of para-hydroxylation sites is 1. The lowest BCUT2D eigenvalue weighted by molar-refractivity contribution is 0.200. The lowest BCUT2D eigenvalue weighted by Crippen LogP contribution is -2.45. The third-order valence-corrected chi connectivity index (χ3v) is 2.55. The van der Waals surface area contributed by atoms with Crippen LogP contribution in [0.15, 0.2) is 35.5 Å². The Kier molecular flexibility index (Phi) is 4.60. The minimum Gasteiger partial charge on any atom is -0.411 e. The van der Waals surface area contributed by atoms with Gasteiger partial charge in [-0.05, 0) is 19.1 Å². The van der Waals surface area contributed by atoms with Gasteiger partial charge in [-0.15, -0.1) is 0 Å². The van der Waals surface area contributed by atoms with Gasteiger partial charge in [-0.2, -0.15) is 0 Å². The topological polar surface area (TPSA) is 70.9 Å². The number of benzene rings is 1. The number of nitrogens with one attached hydrogen (secondary N) is 1. The quantitative estimate of drug-likeness (QED) is 0.293. The molecule has 1 amide bonds. The highest BCUT2D eigenvalue weighted by atomic mass is 35.5. The van der Waals surface area contributed by atoms with Crippen LogP contribution in [0.5, 0.6) is 5.75 Å². The lowest BCUT2D eigenvalue weighted by Gasteiger charge is -2.19. The van der Waals surface area contributed by atoms with Gasteiger partial charge in [0.1, 0.15) is 11.5 Å². The maximum absolute atomic E-state index is 11.4. The monoisotopic (exact) mass is 276 g/mol. The van der Waals surface area contributed by atoms with Crippen LogP contribution >= 0.6 is 23.2 Å². The van der Waals surface area contributed by atoms with Gasteiger partial charge in [-0.1, -0.05) is 46.6 Å². The molecule has 0 fully saturated rings. The van der Waals surface area contributed by atoms with Crippen molar-refractivity contribution in [1.82, 2.24) is 5.32 Å². The summed E-state index contributed by atoms with van der Waals surface area (Å²) in [6, 6.07) is 8.38. The summed E-state index contributed by atoms with van der Waals surface area (Å²) in [4.78, 5) is 11.4. The lowest BCUT2D eigenvalue weighted by atomic mass is 10.3. The second kappa shape index (κ2) is 5.75. The van der Waals surface area contributed by atoms with E-state index in [0.717, 1.165) is 0 Å². The average molecular weight is 277 g/mol. The predicted molar refractivity (Wildman–Crippen MR) is 64.9 cm³/mol. The molecule has 0 atom stereocenters. The molecule has 1 aromatic rings. The maximum Gasteiger partial charge on any atom is 0.415 e. The molecular formula is C10H10Cl2N2O3. The van der Waals surface area contributed by atoms with Gasteiger partial charge in [0.05, 0.1) is 0 Å². The van der Waals surface area contributed by atoms with Crippen molar-refractivity contribution < 1.29 is 14.7 Å². The third-order valence-electron chi connectivity index (χ3n) is 1.82. The van der Waals surface area contributed by atoms with Crippen molar-refractivity contribution in [2.24, 2.45) is 5.16 Å². The first-order valence-corrected chi connectivity index (χ1v) is 5.33. The number of nitrogens with zero attached hydrogens (tertiary/aromatic N) is 1. The third kappa shape index (κ3) is 4.13. The number of ether oxygens (including phenoxy) is 1. The summed E-state index contributed by atoms with van der Waals surface area (Å²) in [5, 5.41) is 13.4. The standard InChI is InChI=1S/C10H10Cl2N2O3/c1-7(14-16)10(11,12)13-9(15)17-8-5-3-2-4-6-8/h2-6,16H,1H3,(H,13,15)/b14-7+. The molecule has 0 aliphatic rings. The SMILES string of the molecule is C/C(=N\O)C(Cl)(Cl)NC(=O)Oc1ccccc1. The number of hydrogen-bond acceptors (Lipinski definition) is 4. The van der Waals surface area contributed by atoms with Crippen LogP contribution in [-0.4, -0.2) is 21.5 Å². The molecule has 0 aliphatic carbocycles. The van der Waals surface area contributed by atoms with Crippen LogP contribution in [-0.2, 0) is 0 Å². The minimum absolute atomic E-state index is 0.0779. The number of halogens is 2. The summed E-state index contributed by atoms with van der Waals surface area (Å²) in [7, 11) is 0. The van der Waals surface area contributed by atoms with E-state index in [1.807, 2.05) is 0 Å². The van der Waals surface area contributed by atoms with E-state index in [1.165, 1.54) is 6.92 Å². The van der Waals surface area contributed by atoms with Crippen LogP contribution in [0.3, 0.4) is 0 Å². The molecule has 0 saturated carbocycles. The van der Waals surface area contributed by atoms with E-state index < -0.39 is 10.6 Å². The molecule has 0 unspecified atom stereocenters. The number of oxime groups is 1. The maximum atomic E-state index is 11.4. The smallest absolute Gasteiger partial charge is 0.411 e. The van der Waals surface area contributed by atoms with Crippen LogP contribution < -0.4 is 10.1 Å². The summed E-state index contributed by atoms with van der Waals surface area (Å²) in [6.07, 6.45) is -0.857. The molecule has 1 aromatic carbocycles. The van der Waals surface area contributed by atoms with Gasteiger partial charge in [0.15, 0.2) is 0 Å². The molecule has 0 aromatic heterocycles. The highest BCUT2D eigenvalue weighted by Crippen LogP contribution is 2.20. The van der Waals surface area contributed by atoms with Crippen LogP contribution in [0.1, 0.15) is 6.92 Å². The van der Waals surface area contributed by atoms with Gasteiger partial charge in [-0.25, -0.2) is 4.79 Å². The molecule has 17 heavy (non-hydrogen) atoms. The Morgan fingerprint density at radius 1 is 1.41 bits per heavy atom. The number of hydrogen-bond donors (Lipinski definition) is 2. The molecule has 2 N–H and O–H groups in total. The van der Waals surface area contributed by atoms with Gasteiger partial charge >= 0.3 is 6.09 Å². The van der Waals surface area contributed by atoms with Crippen molar-refractivity contribution >= 4 is 35.0 Å². The Balaban J connectivity index is 2.62. The molecule has 92 valence electrons. The summed E-state index contributed by atoms with van der Waals surface area (Å²) in [5.41, 5.74) is -0.0779. The van der Waals surface area contributed by atoms with Crippen molar-refractivity contribution in [3.63, 3.8) is 0 Å². The molecule has 0 bridgehead atoms. The van der Waals surface area contributed by atoms with E-state index in [4.69, 9.17) is 33.1 Å². The molecule has 0 saturated heterocycles. The van der Waals surface area contributed by atoms with Gasteiger partial charge < -0.3 is 9.94 Å². The number of carbonyl (C=O) groups excluding carboxylic acids is 1. The normalized spacial score (nSPS) is 12.1. The van der Waals surface area contributed by atoms with E-state index in [1.54, 1.807) is 30.3 Å². The zero-order valence-corrected chi connectivity index (χ0v) is 10.4. The molecule has 7 heteroatoms. The number of alkyl halides is 2. The largest absolute Gasteiger partial charge is 0.415 e. The number of carbonyl (C=O) groups is 1. The first kappa shape index (κ1) is 13.6. The van der Waals surface area contributed by atoms with Crippen molar-refractivity contribution in [3.8, 4) is 5.75 Å². The van der Waals surface area contributed by atoms with Crippen molar-refractivity contribution in [2.75, 3.05) is 0 Å². The van der Waals surface area contributed by atoms with Crippen LogP contribution in [0, 0.1) is 0 Å². The highest BCUT2D eigenvalue weighted by Gasteiger charge is 2.31. The summed E-state index contributed by atoms with van der Waals surface area (Å²) in [6.45, 7) is 1.35. The average Bonchev–Trinajstić information content (AvgIpc) is 2.28.